The first kappa shape index (κ1) is 22.6. The van der Waals surface area contributed by atoms with E-state index in [0.717, 1.165) is 0 Å². The molecule has 3 amide bonds. The molecule has 1 aliphatic rings. The molecule has 0 saturated carbocycles. The van der Waals surface area contributed by atoms with Crippen LogP contribution in [-0.4, -0.2) is 56.4 Å². The highest BCUT2D eigenvalue weighted by Gasteiger charge is 2.42. The van der Waals surface area contributed by atoms with E-state index in [4.69, 9.17) is 5.11 Å². The first-order valence-corrected chi connectivity index (χ1v) is 9.62. The van der Waals surface area contributed by atoms with Crippen LogP contribution < -0.4 is 5.32 Å². The van der Waals surface area contributed by atoms with E-state index in [-0.39, 0.29) is 53.9 Å². The quantitative estimate of drug-likeness (QED) is 0.300. The molecule has 0 spiro atoms. The summed E-state index contributed by atoms with van der Waals surface area (Å²) in [5, 5.41) is 32.2. The van der Waals surface area contributed by atoms with E-state index in [0.29, 0.717) is 4.90 Å². The number of aliphatic hydroxyl groups is 1. The number of nitro benzene ring substituents is 1. The van der Waals surface area contributed by atoms with Gasteiger partial charge in [0.2, 0.25) is 5.91 Å². The highest BCUT2D eigenvalue weighted by atomic mass is 16.6. The fourth-order valence-electron chi connectivity index (χ4n) is 3.51. The lowest BCUT2D eigenvalue weighted by atomic mass is 10.1. The zero-order chi connectivity index (χ0) is 23.4. The number of carbonyl (C=O) groups is 4. The minimum atomic E-state index is -1.53. The second-order valence-corrected chi connectivity index (χ2v) is 7.04. The predicted octanol–water partition coefficient (Wildman–Crippen LogP) is 1.60. The number of imide groups is 1. The van der Waals surface area contributed by atoms with Crippen molar-refractivity contribution >= 4 is 35.1 Å². The summed E-state index contributed by atoms with van der Waals surface area (Å²) in [6.07, 6.45) is -0.624. The smallest absolute Gasteiger partial charge is 0.326 e. The van der Waals surface area contributed by atoms with Crippen molar-refractivity contribution in [2.24, 2.45) is 0 Å². The van der Waals surface area contributed by atoms with Crippen molar-refractivity contribution in [2.75, 3.05) is 11.9 Å². The number of aliphatic carboxylic acids is 1. The SMILES string of the molecule is O=C(CC[C@@H](C(=O)O)N1C(=O)c2ccccc2C1=O)Nc1ccc([N+](=O)[O-])c(CCO)c1. The number of aliphatic hydroxyl groups excluding tert-OH is 1. The first-order valence-electron chi connectivity index (χ1n) is 9.62. The van der Waals surface area contributed by atoms with Gasteiger partial charge >= 0.3 is 5.97 Å². The monoisotopic (exact) mass is 441 g/mol. The van der Waals surface area contributed by atoms with Gasteiger partial charge < -0.3 is 15.5 Å². The Morgan fingerprint density at radius 2 is 1.72 bits per heavy atom. The molecule has 1 aliphatic heterocycles. The van der Waals surface area contributed by atoms with Gasteiger partial charge in [-0.3, -0.25) is 29.4 Å². The van der Waals surface area contributed by atoms with E-state index in [1.807, 2.05) is 0 Å². The predicted molar refractivity (Wildman–Crippen MR) is 110 cm³/mol. The molecule has 32 heavy (non-hydrogen) atoms. The maximum Gasteiger partial charge on any atom is 0.326 e. The zero-order valence-corrected chi connectivity index (χ0v) is 16.7. The van der Waals surface area contributed by atoms with E-state index in [9.17, 15) is 34.4 Å². The summed E-state index contributed by atoms with van der Waals surface area (Å²) >= 11 is 0. The number of nitrogens with one attached hydrogen (secondary N) is 1. The molecule has 0 bridgehead atoms. The Balaban J connectivity index is 1.70. The Kier molecular flexibility index (Phi) is 6.59. The van der Waals surface area contributed by atoms with Gasteiger partial charge in [0.05, 0.1) is 16.1 Å². The van der Waals surface area contributed by atoms with Gasteiger partial charge in [0.25, 0.3) is 17.5 Å². The summed E-state index contributed by atoms with van der Waals surface area (Å²) in [5.41, 5.74) is 0.473. The standard InChI is InChI=1S/C21H19N3O8/c25-10-9-12-11-13(5-6-16(12)24(31)32)22-18(26)8-7-17(21(29)30)23-19(27)14-3-1-2-4-15(14)20(23)28/h1-6,11,17,25H,7-10H2,(H,22,26)(H,29,30)/t17-/m0/s1. The minimum Gasteiger partial charge on any atom is -0.480 e. The molecule has 3 N–H and O–H groups in total. The highest BCUT2D eigenvalue weighted by Crippen LogP contribution is 2.27. The number of fused-ring (bicyclic) bond motifs is 1. The average Bonchev–Trinajstić information content (AvgIpc) is 2.99. The van der Waals surface area contributed by atoms with Gasteiger partial charge in [-0.1, -0.05) is 12.1 Å². The van der Waals surface area contributed by atoms with Crippen LogP contribution in [0.25, 0.3) is 0 Å². The van der Waals surface area contributed by atoms with Crippen LogP contribution in [-0.2, 0) is 16.0 Å². The summed E-state index contributed by atoms with van der Waals surface area (Å²) in [4.78, 5) is 60.3. The number of benzene rings is 2. The van der Waals surface area contributed by atoms with E-state index in [1.54, 1.807) is 12.1 Å². The van der Waals surface area contributed by atoms with Crippen LogP contribution in [0.2, 0.25) is 0 Å². The van der Waals surface area contributed by atoms with Crippen molar-refractivity contribution in [1.29, 1.82) is 0 Å². The minimum absolute atomic E-state index is 0.0147. The molecule has 2 aromatic rings. The van der Waals surface area contributed by atoms with Gasteiger partial charge in [-0.25, -0.2) is 4.79 Å². The maximum absolute atomic E-state index is 12.5. The lowest BCUT2D eigenvalue weighted by Gasteiger charge is -2.22. The molecule has 0 aromatic heterocycles. The molecule has 11 nitrogen and oxygen atoms in total. The number of anilines is 1. The summed E-state index contributed by atoms with van der Waals surface area (Å²) < 4.78 is 0. The molecule has 166 valence electrons. The molecule has 0 radical (unpaired) electrons. The van der Waals surface area contributed by atoms with Crippen LogP contribution in [0, 0.1) is 10.1 Å². The van der Waals surface area contributed by atoms with Crippen LogP contribution in [0.3, 0.4) is 0 Å². The average molecular weight is 441 g/mol. The Morgan fingerprint density at radius 3 is 2.25 bits per heavy atom. The lowest BCUT2D eigenvalue weighted by Crippen LogP contribution is -2.45. The van der Waals surface area contributed by atoms with Crippen molar-refractivity contribution < 1.29 is 34.3 Å². The van der Waals surface area contributed by atoms with Gasteiger partial charge in [0, 0.05) is 36.8 Å². The topological polar surface area (TPSA) is 167 Å². The Bertz CT molecular complexity index is 1080. The number of carboxylic acids is 1. The van der Waals surface area contributed by atoms with Crippen molar-refractivity contribution in [3.63, 3.8) is 0 Å². The number of carbonyl (C=O) groups excluding carboxylic acids is 3. The van der Waals surface area contributed by atoms with E-state index in [2.05, 4.69) is 5.32 Å². The van der Waals surface area contributed by atoms with Crippen molar-refractivity contribution in [2.45, 2.75) is 25.3 Å². The molecule has 0 fully saturated rings. The number of rotatable bonds is 9. The van der Waals surface area contributed by atoms with Crippen LogP contribution in [0.15, 0.2) is 42.5 Å². The fourth-order valence-corrected chi connectivity index (χ4v) is 3.51. The first-order chi connectivity index (χ1) is 15.2. The van der Waals surface area contributed by atoms with Crippen LogP contribution in [0.5, 0.6) is 0 Å². The molecule has 11 heteroatoms. The number of nitro groups is 1. The van der Waals surface area contributed by atoms with Gasteiger partial charge in [-0.2, -0.15) is 0 Å². The molecular weight excluding hydrogens is 422 g/mol. The molecule has 2 aromatic carbocycles. The molecule has 0 unspecified atom stereocenters. The second kappa shape index (κ2) is 9.35. The number of carboxylic acid groups (broad SMARTS) is 1. The Hall–Kier alpha value is -4.12. The van der Waals surface area contributed by atoms with Crippen LogP contribution in [0.1, 0.15) is 39.1 Å². The number of hydrogen-bond acceptors (Lipinski definition) is 7. The normalized spacial score (nSPS) is 13.6. The molecule has 1 atom stereocenters. The molecular formula is C21H19N3O8. The summed E-state index contributed by atoms with van der Waals surface area (Å²) in [6.45, 7) is -0.321. The summed E-state index contributed by atoms with van der Waals surface area (Å²) in [5.74, 6) is -3.49. The van der Waals surface area contributed by atoms with Crippen molar-refractivity contribution in [1.82, 2.24) is 4.90 Å². The van der Waals surface area contributed by atoms with Gasteiger partial charge in [-0.05, 0) is 30.7 Å². The van der Waals surface area contributed by atoms with Crippen LogP contribution >= 0.6 is 0 Å². The van der Waals surface area contributed by atoms with E-state index >= 15 is 0 Å². The largest absolute Gasteiger partial charge is 0.480 e. The molecule has 0 saturated heterocycles. The van der Waals surface area contributed by atoms with Gasteiger partial charge in [-0.15, -0.1) is 0 Å². The Labute approximate surface area is 181 Å². The van der Waals surface area contributed by atoms with E-state index in [1.165, 1.54) is 30.3 Å². The fraction of sp³-hybridized carbons (Fsp3) is 0.238. The zero-order valence-electron chi connectivity index (χ0n) is 16.7. The van der Waals surface area contributed by atoms with Gasteiger partial charge in [0.15, 0.2) is 0 Å². The third kappa shape index (κ3) is 4.47. The molecule has 0 aliphatic carbocycles. The summed E-state index contributed by atoms with van der Waals surface area (Å²) in [7, 11) is 0. The van der Waals surface area contributed by atoms with E-state index < -0.39 is 34.7 Å². The summed E-state index contributed by atoms with van der Waals surface area (Å²) in [6, 6.07) is 8.31. The Morgan fingerprint density at radius 1 is 1.09 bits per heavy atom. The van der Waals surface area contributed by atoms with Gasteiger partial charge in [0.1, 0.15) is 6.04 Å². The second-order valence-electron chi connectivity index (χ2n) is 7.04. The molecule has 1 heterocycles. The highest BCUT2D eigenvalue weighted by molar-refractivity contribution is 6.22. The molecule has 3 rings (SSSR count). The third-order valence-corrected chi connectivity index (χ3v) is 5.01. The van der Waals surface area contributed by atoms with Crippen LogP contribution in [0.4, 0.5) is 11.4 Å². The number of hydrogen-bond donors (Lipinski definition) is 3. The lowest BCUT2D eigenvalue weighted by molar-refractivity contribution is -0.385. The number of amides is 3. The number of nitrogens with zero attached hydrogens (tertiary/aromatic N) is 2. The van der Waals surface area contributed by atoms with Crippen molar-refractivity contribution in [3.8, 4) is 0 Å². The third-order valence-electron chi connectivity index (χ3n) is 5.01. The maximum atomic E-state index is 12.5. The van der Waals surface area contributed by atoms with Crippen molar-refractivity contribution in [3.05, 3.63) is 69.3 Å².